The second-order valence-electron chi connectivity index (χ2n) is 9.28. The molecule has 3 rings (SSSR count). The van der Waals surface area contributed by atoms with Crippen molar-refractivity contribution in [3.8, 4) is 0 Å². The van der Waals surface area contributed by atoms with Crippen LogP contribution < -0.4 is 5.32 Å². The predicted octanol–water partition coefficient (Wildman–Crippen LogP) is 7.09. The number of halogens is 2. The van der Waals surface area contributed by atoms with Crippen molar-refractivity contribution in [3.63, 3.8) is 0 Å². The maximum atomic E-state index is 13.7. The van der Waals surface area contributed by atoms with Gasteiger partial charge in [-0.3, -0.25) is 9.59 Å². The van der Waals surface area contributed by atoms with Gasteiger partial charge in [0.25, 0.3) is 0 Å². The Balaban J connectivity index is 1.88. The molecule has 0 heterocycles. The number of hydrogen-bond acceptors (Lipinski definition) is 3. The molecule has 2 amide bonds. The van der Waals surface area contributed by atoms with E-state index in [0.29, 0.717) is 16.5 Å². The fraction of sp³-hybridized carbons (Fsp3) is 0.333. The quantitative estimate of drug-likeness (QED) is 0.259. The number of hydrogen-bond donors (Lipinski definition) is 1. The second kappa shape index (κ2) is 14.5. The molecule has 0 aliphatic carbocycles. The smallest absolute Gasteiger partial charge is 0.243 e. The second-order valence-corrected chi connectivity index (χ2v) is 11.1. The molecule has 0 aliphatic heterocycles. The minimum Gasteiger partial charge on any atom is -0.352 e. The van der Waals surface area contributed by atoms with Crippen molar-refractivity contribution < 1.29 is 9.59 Å². The van der Waals surface area contributed by atoms with Gasteiger partial charge in [-0.15, -0.1) is 11.8 Å². The molecular formula is C30H34Cl2N2O2S. The molecule has 0 saturated heterocycles. The van der Waals surface area contributed by atoms with Crippen LogP contribution in [-0.4, -0.2) is 34.6 Å². The van der Waals surface area contributed by atoms with Crippen LogP contribution in [0.5, 0.6) is 0 Å². The molecule has 0 radical (unpaired) electrons. The fourth-order valence-electron chi connectivity index (χ4n) is 3.97. The van der Waals surface area contributed by atoms with Gasteiger partial charge in [0, 0.05) is 24.8 Å². The number of nitrogens with one attached hydrogen (secondary N) is 1. The number of amides is 2. The molecule has 0 bridgehead atoms. The van der Waals surface area contributed by atoms with Gasteiger partial charge in [-0.1, -0.05) is 96.4 Å². The third-order valence-electron chi connectivity index (χ3n) is 6.19. The van der Waals surface area contributed by atoms with E-state index in [2.05, 4.69) is 30.4 Å². The van der Waals surface area contributed by atoms with Crippen LogP contribution in [0.1, 0.15) is 42.5 Å². The minimum absolute atomic E-state index is 0.00315. The highest BCUT2D eigenvalue weighted by molar-refractivity contribution is 7.99. The Hall–Kier alpha value is -2.47. The summed E-state index contributed by atoms with van der Waals surface area (Å²) in [6.45, 7) is 6.31. The molecule has 3 aromatic carbocycles. The van der Waals surface area contributed by atoms with Crippen LogP contribution in [0.4, 0.5) is 0 Å². The maximum absolute atomic E-state index is 13.7. The topological polar surface area (TPSA) is 49.4 Å². The Morgan fingerprint density at radius 1 is 0.919 bits per heavy atom. The number of aryl methyl sites for hydroxylation is 1. The van der Waals surface area contributed by atoms with Crippen molar-refractivity contribution in [2.45, 2.75) is 58.0 Å². The van der Waals surface area contributed by atoms with Crippen LogP contribution >= 0.6 is 35.0 Å². The van der Waals surface area contributed by atoms with Crippen LogP contribution in [-0.2, 0) is 28.3 Å². The first-order valence-corrected chi connectivity index (χ1v) is 14.4. The van der Waals surface area contributed by atoms with E-state index in [1.54, 1.807) is 28.8 Å². The Morgan fingerprint density at radius 2 is 1.65 bits per heavy atom. The van der Waals surface area contributed by atoms with Gasteiger partial charge in [0.05, 0.1) is 15.8 Å². The van der Waals surface area contributed by atoms with Gasteiger partial charge in [-0.25, -0.2) is 0 Å². The first kappa shape index (κ1) is 29.1. The zero-order chi connectivity index (χ0) is 26.8. The molecule has 0 fully saturated rings. The summed E-state index contributed by atoms with van der Waals surface area (Å²) in [5.41, 5.74) is 4.17. The van der Waals surface area contributed by atoms with E-state index in [1.165, 1.54) is 11.1 Å². The predicted molar refractivity (Wildman–Crippen MR) is 156 cm³/mol. The van der Waals surface area contributed by atoms with E-state index >= 15 is 0 Å². The summed E-state index contributed by atoms with van der Waals surface area (Å²) in [7, 11) is 0. The van der Waals surface area contributed by atoms with Crippen LogP contribution in [0.25, 0.3) is 0 Å². The van der Waals surface area contributed by atoms with E-state index in [9.17, 15) is 9.59 Å². The van der Waals surface area contributed by atoms with Crippen molar-refractivity contribution in [2.75, 3.05) is 5.75 Å². The summed E-state index contributed by atoms with van der Waals surface area (Å²) in [5, 5.41) is 3.96. The monoisotopic (exact) mass is 556 g/mol. The number of carbonyl (C=O) groups is 2. The van der Waals surface area contributed by atoms with Gasteiger partial charge < -0.3 is 10.2 Å². The van der Waals surface area contributed by atoms with E-state index in [-0.39, 0.29) is 30.2 Å². The van der Waals surface area contributed by atoms with Crippen molar-refractivity contribution >= 4 is 46.8 Å². The molecular weight excluding hydrogens is 523 g/mol. The highest BCUT2D eigenvalue weighted by Gasteiger charge is 2.31. The van der Waals surface area contributed by atoms with Gasteiger partial charge in [-0.05, 0) is 49.1 Å². The van der Waals surface area contributed by atoms with Crippen molar-refractivity contribution in [1.29, 1.82) is 0 Å². The largest absolute Gasteiger partial charge is 0.352 e. The molecule has 3 aromatic rings. The first-order valence-electron chi connectivity index (χ1n) is 12.5. The lowest BCUT2D eigenvalue weighted by Gasteiger charge is -2.32. The molecule has 0 spiro atoms. The lowest BCUT2D eigenvalue weighted by molar-refractivity contribution is -0.139. The zero-order valence-corrected chi connectivity index (χ0v) is 23.9. The number of rotatable bonds is 12. The molecule has 0 aromatic heterocycles. The summed E-state index contributed by atoms with van der Waals surface area (Å²) in [5.74, 6) is 0.729. The van der Waals surface area contributed by atoms with E-state index in [0.717, 1.165) is 23.3 Å². The molecule has 7 heteroatoms. The summed E-state index contributed by atoms with van der Waals surface area (Å²) in [6, 6.07) is 22.7. The van der Waals surface area contributed by atoms with Gasteiger partial charge in [0.2, 0.25) is 11.8 Å². The summed E-state index contributed by atoms with van der Waals surface area (Å²) >= 11 is 14.0. The Kier molecular flexibility index (Phi) is 11.4. The molecule has 0 unspecified atom stereocenters. The van der Waals surface area contributed by atoms with E-state index in [1.807, 2.05) is 56.3 Å². The summed E-state index contributed by atoms with van der Waals surface area (Å²) in [4.78, 5) is 28.9. The van der Waals surface area contributed by atoms with Crippen molar-refractivity contribution in [2.24, 2.45) is 0 Å². The SMILES string of the molecule is CC[C@@H](C)NC(=O)[C@@H](Cc1ccccc1)N(Cc1ccc(Cl)c(Cl)c1)C(=O)CSCc1cccc(C)c1. The third kappa shape index (κ3) is 9.10. The highest BCUT2D eigenvalue weighted by atomic mass is 35.5. The standard InChI is InChI=1S/C30H34Cl2N2O2S/c1-4-22(3)33-30(36)28(17-23-10-6-5-7-11-23)34(18-24-13-14-26(31)27(32)16-24)29(35)20-37-19-25-12-8-9-21(2)15-25/h5-16,22,28H,4,17-20H2,1-3H3,(H,33,36)/t22-,28-/m1/s1. The molecule has 4 nitrogen and oxygen atoms in total. The molecule has 196 valence electrons. The number of nitrogens with zero attached hydrogens (tertiary/aromatic N) is 1. The molecule has 2 atom stereocenters. The molecule has 0 saturated carbocycles. The van der Waals surface area contributed by atoms with E-state index < -0.39 is 6.04 Å². The lowest BCUT2D eigenvalue weighted by atomic mass is 10.0. The highest BCUT2D eigenvalue weighted by Crippen LogP contribution is 2.25. The Bertz CT molecular complexity index is 1190. The van der Waals surface area contributed by atoms with Gasteiger partial charge in [0.15, 0.2) is 0 Å². The van der Waals surface area contributed by atoms with Gasteiger partial charge >= 0.3 is 0 Å². The maximum Gasteiger partial charge on any atom is 0.243 e. The zero-order valence-electron chi connectivity index (χ0n) is 21.5. The minimum atomic E-state index is -0.669. The lowest BCUT2D eigenvalue weighted by Crippen LogP contribution is -2.52. The molecule has 37 heavy (non-hydrogen) atoms. The van der Waals surface area contributed by atoms with E-state index in [4.69, 9.17) is 23.2 Å². The molecule has 1 N–H and O–H groups in total. The van der Waals surface area contributed by atoms with Gasteiger partial charge in [-0.2, -0.15) is 0 Å². The van der Waals surface area contributed by atoms with Crippen LogP contribution in [0.3, 0.4) is 0 Å². The number of thioether (sulfide) groups is 1. The summed E-state index contributed by atoms with van der Waals surface area (Å²) in [6.07, 6.45) is 1.22. The fourth-order valence-corrected chi connectivity index (χ4v) is 5.15. The van der Waals surface area contributed by atoms with Crippen molar-refractivity contribution in [1.82, 2.24) is 10.2 Å². The van der Waals surface area contributed by atoms with Crippen LogP contribution in [0.15, 0.2) is 72.8 Å². The third-order valence-corrected chi connectivity index (χ3v) is 7.91. The van der Waals surface area contributed by atoms with Gasteiger partial charge in [0.1, 0.15) is 6.04 Å². The average Bonchev–Trinajstić information content (AvgIpc) is 2.88. The normalized spacial score (nSPS) is 12.6. The Morgan fingerprint density at radius 3 is 2.32 bits per heavy atom. The molecule has 0 aliphatic rings. The van der Waals surface area contributed by atoms with Crippen molar-refractivity contribution in [3.05, 3.63) is 105 Å². The van der Waals surface area contributed by atoms with Crippen LogP contribution in [0.2, 0.25) is 10.0 Å². The number of carbonyl (C=O) groups excluding carboxylic acids is 2. The summed E-state index contributed by atoms with van der Waals surface area (Å²) < 4.78 is 0. The Labute approximate surface area is 234 Å². The number of benzene rings is 3. The van der Waals surface area contributed by atoms with Crippen LogP contribution in [0, 0.1) is 6.92 Å². The average molecular weight is 558 g/mol. The first-order chi connectivity index (χ1) is 17.8.